The molecule has 0 radical (unpaired) electrons. The maximum absolute atomic E-state index is 8.73. The van der Waals surface area contributed by atoms with Gasteiger partial charge in [-0.2, -0.15) is 5.48 Å². The molecule has 0 unspecified atom stereocenters. The molecule has 14 heavy (non-hydrogen) atoms. The molecule has 1 rings (SSSR count). The summed E-state index contributed by atoms with van der Waals surface area (Å²) < 4.78 is 10.0. The van der Waals surface area contributed by atoms with E-state index in [-0.39, 0.29) is 6.61 Å². The van der Waals surface area contributed by atoms with Crippen LogP contribution in [0.4, 0.5) is 0 Å². The molecule has 0 aromatic carbocycles. The number of aliphatic hydroxyl groups is 1. The summed E-state index contributed by atoms with van der Waals surface area (Å²) in [4.78, 5) is 5.02. The lowest BCUT2D eigenvalue weighted by atomic mass is 10.4. The molecule has 1 aromatic rings. The Bertz CT molecular complexity index is 249. The Morgan fingerprint density at radius 3 is 2.79 bits per heavy atom. The Kier molecular flexibility index (Phi) is 5.24. The monoisotopic (exact) mass is 201 g/mol. The molecule has 1 aromatic heterocycles. The van der Waals surface area contributed by atoms with Crippen LogP contribution in [-0.2, 0) is 22.7 Å². The smallest absolute Gasteiger partial charge is 0.129 e. The van der Waals surface area contributed by atoms with Crippen LogP contribution in [-0.4, -0.2) is 25.4 Å². The number of hydroxylamine groups is 1. The minimum Gasteiger partial charge on any atom is -0.462 e. The van der Waals surface area contributed by atoms with Crippen LogP contribution in [0.1, 0.15) is 11.5 Å². The molecule has 0 amide bonds. The van der Waals surface area contributed by atoms with Crippen LogP contribution in [0.2, 0.25) is 0 Å². The topological polar surface area (TPSA) is 63.9 Å². The van der Waals surface area contributed by atoms with Crippen molar-refractivity contribution in [3.05, 3.63) is 23.7 Å². The van der Waals surface area contributed by atoms with E-state index in [0.717, 1.165) is 5.76 Å². The van der Waals surface area contributed by atoms with E-state index in [1.165, 1.54) is 0 Å². The zero-order chi connectivity index (χ0) is 10.2. The van der Waals surface area contributed by atoms with Gasteiger partial charge in [0.2, 0.25) is 0 Å². The molecule has 0 aliphatic heterocycles. The van der Waals surface area contributed by atoms with Crippen LogP contribution < -0.4 is 5.48 Å². The van der Waals surface area contributed by atoms with Crippen molar-refractivity contribution in [3.8, 4) is 0 Å². The predicted octanol–water partition coefficient (Wildman–Crippen LogP) is 0.439. The summed E-state index contributed by atoms with van der Waals surface area (Å²) in [6.07, 6.45) is 0. The summed E-state index contributed by atoms with van der Waals surface area (Å²) in [7, 11) is 1.61. The highest BCUT2D eigenvalue weighted by Crippen LogP contribution is 2.06. The van der Waals surface area contributed by atoms with Crippen molar-refractivity contribution in [2.45, 2.75) is 13.2 Å². The van der Waals surface area contributed by atoms with E-state index in [4.69, 9.17) is 19.1 Å². The van der Waals surface area contributed by atoms with E-state index in [1.54, 1.807) is 19.2 Å². The van der Waals surface area contributed by atoms with Gasteiger partial charge in [-0.1, -0.05) is 0 Å². The van der Waals surface area contributed by atoms with E-state index in [9.17, 15) is 0 Å². The molecule has 0 bridgehead atoms. The first-order chi connectivity index (χ1) is 6.86. The van der Waals surface area contributed by atoms with Gasteiger partial charge in [0.05, 0.1) is 19.8 Å². The molecule has 0 saturated carbocycles. The second-order valence-electron chi connectivity index (χ2n) is 2.69. The van der Waals surface area contributed by atoms with E-state index in [1.807, 2.05) is 0 Å². The molecule has 0 aliphatic rings. The first-order valence-corrected chi connectivity index (χ1v) is 4.39. The first-order valence-electron chi connectivity index (χ1n) is 4.39. The fourth-order valence-electron chi connectivity index (χ4n) is 0.922. The van der Waals surface area contributed by atoms with Crippen molar-refractivity contribution in [1.29, 1.82) is 0 Å². The summed E-state index contributed by atoms with van der Waals surface area (Å²) in [6.45, 7) is 1.44. The van der Waals surface area contributed by atoms with Crippen LogP contribution in [0.5, 0.6) is 0 Å². The van der Waals surface area contributed by atoms with Crippen molar-refractivity contribution in [1.82, 2.24) is 5.48 Å². The van der Waals surface area contributed by atoms with E-state index < -0.39 is 0 Å². The highest BCUT2D eigenvalue weighted by Gasteiger charge is 1.99. The standard InChI is InChI=1S/C9H15NO4/c1-12-4-5-13-10-6-8-2-3-9(7-11)14-8/h2-3,10-11H,4-7H2,1H3. The van der Waals surface area contributed by atoms with E-state index in [2.05, 4.69) is 5.48 Å². The minimum absolute atomic E-state index is 0.0788. The number of aliphatic hydroxyl groups excluding tert-OH is 1. The fourth-order valence-corrected chi connectivity index (χ4v) is 0.922. The average molecular weight is 201 g/mol. The van der Waals surface area contributed by atoms with E-state index >= 15 is 0 Å². The van der Waals surface area contributed by atoms with Crippen LogP contribution in [0.15, 0.2) is 16.5 Å². The molecular weight excluding hydrogens is 186 g/mol. The summed E-state index contributed by atoms with van der Waals surface area (Å²) in [5.41, 5.74) is 2.72. The van der Waals surface area contributed by atoms with Crippen molar-refractivity contribution >= 4 is 0 Å². The average Bonchev–Trinajstić information content (AvgIpc) is 2.65. The Morgan fingerprint density at radius 1 is 1.36 bits per heavy atom. The quantitative estimate of drug-likeness (QED) is 0.495. The molecule has 2 N–H and O–H groups in total. The second-order valence-corrected chi connectivity index (χ2v) is 2.69. The lowest BCUT2D eigenvalue weighted by Crippen LogP contribution is -2.16. The van der Waals surface area contributed by atoms with Gasteiger partial charge in [0.15, 0.2) is 0 Å². The molecule has 5 nitrogen and oxygen atoms in total. The highest BCUT2D eigenvalue weighted by atomic mass is 16.7. The van der Waals surface area contributed by atoms with Crippen LogP contribution in [0.3, 0.4) is 0 Å². The molecule has 0 atom stereocenters. The van der Waals surface area contributed by atoms with Gasteiger partial charge in [0.1, 0.15) is 18.1 Å². The Labute approximate surface area is 82.6 Å². The number of nitrogens with one attached hydrogen (secondary N) is 1. The molecule has 5 heteroatoms. The van der Waals surface area contributed by atoms with Crippen LogP contribution in [0, 0.1) is 0 Å². The number of methoxy groups -OCH3 is 1. The third kappa shape index (κ3) is 3.89. The van der Waals surface area contributed by atoms with E-state index in [0.29, 0.717) is 25.5 Å². The number of rotatable bonds is 7. The third-order valence-corrected chi connectivity index (χ3v) is 1.61. The Balaban J connectivity index is 2.12. The van der Waals surface area contributed by atoms with Gasteiger partial charge in [-0.05, 0) is 12.1 Å². The van der Waals surface area contributed by atoms with Gasteiger partial charge in [0, 0.05) is 7.11 Å². The summed E-state index contributed by atoms with van der Waals surface area (Å²) in [5.74, 6) is 1.28. The van der Waals surface area contributed by atoms with Crippen molar-refractivity contribution in [3.63, 3.8) is 0 Å². The lowest BCUT2D eigenvalue weighted by molar-refractivity contribution is 0.000790. The number of furan rings is 1. The van der Waals surface area contributed by atoms with Gasteiger partial charge in [0.25, 0.3) is 0 Å². The molecule has 0 fully saturated rings. The van der Waals surface area contributed by atoms with Crippen molar-refractivity contribution < 1.29 is 19.1 Å². The summed E-state index contributed by atoms with van der Waals surface area (Å²) in [5, 5.41) is 8.73. The van der Waals surface area contributed by atoms with Crippen molar-refractivity contribution in [2.75, 3.05) is 20.3 Å². The van der Waals surface area contributed by atoms with Crippen molar-refractivity contribution in [2.24, 2.45) is 0 Å². The minimum atomic E-state index is -0.0788. The molecular formula is C9H15NO4. The van der Waals surface area contributed by atoms with Crippen LogP contribution in [0.25, 0.3) is 0 Å². The van der Waals surface area contributed by atoms with Gasteiger partial charge in [-0.15, -0.1) is 0 Å². The second kappa shape index (κ2) is 6.56. The summed E-state index contributed by atoms with van der Waals surface area (Å²) >= 11 is 0. The largest absolute Gasteiger partial charge is 0.462 e. The lowest BCUT2D eigenvalue weighted by Gasteiger charge is -2.02. The van der Waals surface area contributed by atoms with Gasteiger partial charge in [-0.3, -0.25) is 4.84 Å². The number of ether oxygens (including phenoxy) is 1. The normalized spacial score (nSPS) is 10.7. The molecule has 80 valence electrons. The molecule has 0 saturated heterocycles. The zero-order valence-electron chi connectivity index (χ0n) is 8.16. The fraction of sp³-hybridized carbons (Fsp3) is 0.556. The Morgan fingerprint density at radius 2 is 2.14 bits per heavy atom. The SMILES string of the molecule is COCCONCc1ccc(CO)o1. The summed E-state index contributed by atoms with van der Waals surface area (Å²) in [6, 6.07) is 3.52. The first kappa shape index (κ1) is 11.2. The van der Waals surface area contributed by atoms with Gasteiger partial charge < -0.3 is 14.3 Å². The highest BCUT2D eigenvalue weighted by molar-refractivity contribution is 5.05. The number of hydrogen-bond acceptors (Lipinski definition) is 5. The maximum atomic E-state index is 8.73. The Hall–Kier alpha value is -0.880. The molecule has 0 spiro atoms. The zero-order valence-corrected chi connectivity index (χ0v) is 8.16. The van der Waals surface area contributed by atoms with Crippen LogP contribution >= 0.6 is 0 Å². The molecule has 1 heterocycles. The molecule has 0 aliphatic carbocycles. The number of hydrogen-bond donors (Lipinski definition) is 2. The maximum Gasteiger partial charge on any atom is 0.129 e. The van der Waals surface area contributed by atoms with Gasteiger partial charge in [-0.25, -0.2) is 0 Å². The predicted molar refractivity (Wildman–Crippen MR) is 49.3 cm³/mol. The van der Waals surface area contributed by atoms with Gasteiger partial charge >= 0.3 is 0 Å². The third-order valence-electron chi connectivity index (χ3n) is 1.61.